The van der Waals surface area contributed by atoms with Gasteiger partial charge in [-0.05, 0) is 19.4 Å². The molecule has 3 N–H and O–H groups in total. The molecule has 1 atom stereocenters. The predicted octanol–water partition coefficient (Wildman–Crippen LogP) is 1.30. The molecule has 1 aliphatic heterocycles. The van der Waals surface area contributed by atoms with Gasteiger partial charge in [0.2, 0.25) is 5.91 Å². The molecule has 2 rings (SSSR count). The lowest BCUT2D eigenvalue weighted by atomic mass is 9.96. The van der Waals surface area contributed by atoms with Gasteiger partial charge in [0.25, 0.3) is 5.69 Å². The molecule has 7 nitrogen and oxygen atoms in total. The molecule has 1 unspecified atom stereocenters. The van der Waals surface area contributed by atoms with E-state index in [-0.39, 0.29) is 34.8 Å². The lowest BCUT2D eigenvalue weighted by molar-refractivity contribution is -0.385. The number of nitrogens with one attached hydrogen (secondary N) is 1. The average Bonchev–Trinajstić information content (AvgIpc) is 2.53. The highest BCUT2D eigenvalue weighted by molar-refractivity contribution is 5.85. The van der Waals surface area contributed by atoms with Gasteiger partial charge in [0.1, 0.15) is 0 Å². The third-order valence-corrected chi connectivity index (χ3v) is 3.90. The van der Waals surface area contributed by atoms with Gasteiger partial charge in [-0.2, -0.15) is 0 Å². The second-order valence-corrected chi connectivity index (χ2v) is 5.54. The van der Waals surface area contributed by atoms with Crippen LogP contribution in [0.1, 0.15) is 18.4 Å². The molecule has 1 amide bonds. The first-order valence-electron chi connectivity index (χ1n) is 7.54. The van der Waals surface area contributed by atoms with Crippen molar-refractivity contribution in [2.45, 2.75) is 19.4 Å². The number of halogens is 1. The van der Waals surface area contributed by atoms with Gasteiger partial charge in [-0.1, -0.05) is 18.2 Å². The molecule has 0 aromatic heterocycles. The molecule has 128 valence electrons. The van der Waals surface area contributed by atoms with E-state index >= 15 is 0 Å². The van der Waals surface area contributed by atoms with Crippen molar-refractivity contribution in [1.82, 2.24) is 10.2 Å². The molecular weight excluding hydrogens is 320 g/mol. The summed E-state index contributed by atoms with van der Waals surface area (Å²) < 4.78 is 0. The summed E-state index contributed by atoms with van der Waals surface area (Å²) in [5.41, 5.74) is 6.22. The number of likely N-dealkylation sites (tertiary alicyclic amines) is 1. The van der Waals surface area contributed by atoms with Crippen LogP contribution in [0.25, 0.3) is 0 Å². The molecular formula is C15H23ClN4O3. The maximum Gasteiger partial charge on any atom is 0.273 e. The van der Waals surface area contributed by atoms with Gasteiger partial charge in [-0.15, -0.1) is 12.4 Å². The normalized spacial score (nSPS) is 18.0. The van der Waals surface area contributed by atoms with E-state index in [1.165, 1.54) is 6.07 Å². The summed E-state index contributed by atoms with van der Waals surface area (Å²) in [7, 11) is 0. The highest BCUT2D eigenvalue weighted by Crippen LogP contribution is 2.23. The van der Waals surface area contributed by atoms with E-state index in [9.17, 15) is 14.9 Å². The molecule has 0 saturated carbocycles. The Kier molecular flexibility index (Phi) is 7.94. The summed E-state index contributed by atoms with van der Waals surface area (Å²) in [4.78, 5) is 24.8. The number of amides is 1. The van der Waals surface area contributed by atoms with Gasteiger partial charge in [0, 0.05) is 37.8 Å². The van der Waals surface area contributed by atoms with Gasteiger partial charge < -0.3 is 11.1 Å². The zero-order chi connectivity index (χ0) is 15.9. The standard InChI is InChI=1S/C15H22N4O3.ClH/c16-7-8-17-15(20)13-5-3-9-18(11-13)10-12-4-1-2-6-14(12)19(21)22;/h1-2,4,6,13H,3,5,7-11,16H2,(H,17,20);1H. The number of para-hydroxylation sites is 1. The number of nitrogens with two attached hydrogens (primary N) is 1. The third-order valence-electron chi connectivity index (χ3n) is 3.90. The van der Waals surface area contributed by atoms with Crippen LogP contribution in [0.4, 0.5) is 5.69 Å². The molecule has 1 aromatic carbocycles. The van der Waals surface area contributed by atoms with Crippen LogP contribution in [-0.4, -0.2) is 41.9 Å². The first-order chi connectivity index (χ1) is 10.6. The summed E-state index contributed by atoms with van der Waals surface area (Å²) in [6.07, 6.45) is 1.77. The van der Waals surface area contributed by atoms with Crippen molar-refractivity contribution < 1.29 is 9.72 Å². The van der Waals surface area contributed by atoms with Crippen LogP contribution < -0.4 is 11.1 Å². The van der Waals surface area contributed by atoms with Gasteiger partial charge in [0.05, 0.1) is 10.8 Å². The van der Waals surface area contributed by atoms with Gasteiger partial charge in [0.15, 0.2) is 0 Å². The lowest BCUT2D eigenvalue weighted by Gasteiger charge is -2.31. The third kappa shape index (κ3) is 5.46. The minimum atomic E-state index is -0.356. The molecule has 0 aliphatic carbocycles. The first-order valence-corrected chi connectivity index (χ1v) is 7.54. The van der Waals surface area contributed by atoms with E-state index in [2.05, 4.69) is 10.2 Å². The van der Waals surface area contributed by atoms with Crippen LogP contribution in [0.3, 0.4) is 0 Å². The summed E-state index contributed by atoms with van der Waals surface area (Å²) >= 11 is 0. The highest BCUT2D eigenvalue weighted by Gasteiger charge is 2.26. The fraction of sp³-hybridized carbons (Fsp3) is 0.533. The van der Waals surface area contributed by atoms with Crippen molar-refractivity contribution in [3.8, 4) is 0 Å². The lowest BCUT2D eigenvalue weighted by Crippen LogP contribution is -2.43. The quantitative estimate of drug-likeness (QED) is 0.599. The Labute approximate surface area is 141 Å². The Bertz CT molecular complexity index is 541. The monoisotopic (exact) mass is 342 g/mol. The molecule has 8 heteroatoms. The van der Waals surface area contributed by atoms with Gasteiger partial charge >= 0.3 is 0 Å². The molecule has 0 spiro atoms. The molecule has 1 aromatic rings. The number of hydrogen-bond donors (Lipinski definition) is 2. The van der Waals surface area contributed by atoms with Gasteiger partial charge in [-0.25, -0.2) is 0 Å². The van der Waals surface area contributed by atoms with Crippen molar-refractivity contribution in [3.63, 3.8) is 0 Å². The van der Waals surface area contributed by atoms with Crippen LogP contribution in [0.2, 0.25) is 0 Å². The second-order valence-electron chi connectivity index (χ2n) is 5.54. The molecule has 0 radical (unpaired) electrons. The van der Waals surface area contributed by atoms with Crippen molar-refractivity contribution in [2.24, 2.45) is 11.7 Å². The van der Waals surface area contributed by atoms with Crippen molar-refractivity contribution in [1.29, 1.82) is 0 Å². The van der Waals surface area contributed by atoms with Crippen LogP contribution in [0, 0.1) is 16.0 Å². The van der Waals surface area contributed by atoms with E-state index in [0.29, 0.717) is 31.7 Å². The summed E-state index contributed by atoms with van der Waals surface area (Å²) in [6.45, 7) is 2.89. The largest absolute Gasteiger partial charge is 0.355 e. The number of carbonyl (C=O) groups excluding carboxylic acids is 1. The summed E-state index contributed by atoms with van der Waals surface area (Å²) in [5, 5.41) is 13.9. The van der Waals surface area contributed by atoms with E-state index in [1.54, 1.807) is 18.2 Å². The van der Waals surface area contributed by atoms with E-state index in [1.807, 2.05) is 0 Å². The van der Waals surface area contributed by atoms with Crippen molar-refractivity contribution in [3.05, 3.63) is 39.9 Å². The topological polar surface area (TPSA) is 102 Å². The summed E-state index contributed by atoms with van der Waals surface area (Å²) in [6, 6.07) is 6.76. The van der Waals surface area contributed by atoms with Crippen molar-refractivity contribution in [2.75, 3.05) is 26.2 Å². The van der Waals surface area contributed by atoms with Crippen LogP contribution in [0.15, 0.2) is 24.3 Å². The number of hydrogen-bond acceptors (Lipinski definition) is 5. The Hall–Kier alpha value is -1.70. The Morgan fingerprint density at radius 3 is 2.87 bits per heavy atom. The zero-order valence-corrected chi connectivity index (χ0v) is 13.8. The van der Waals surface area contributed by atoms with Crippen LogP contribution in [0.5, 0.6) is 0 Å². The Morgan fingerprint density at radius 2 is 2.17 bits per heavy atom. The SMILES string of the molecule is Cl.NCCNC(=O)C1CCCN(Cc2ccccc2[N+](=O)[O-])C1. The minimum absolute atomic E-state index is 0. The zero-order valence-electron chi connectivity index (χ0n) is 12.9. The van der Waals surface area contributed by atoms with E-state index < -0.39 is 0 Å². The summed E-state index contributed by atoms with van der Waals surface area (Å²) in [5.74, 6) is -0.0409. The highest BCUT2D eigenvalue weighted by atomic mass is 35.5. The number of nitro benzene ring substituents is 1. The minimum Gasteiger partial charge on any atom is -0.355 e. The van der Waals surface area contributed by atoms with Crippen LogP contribution >= 0.6 is 12.4 Å². The fourth-order valence-corrected chi connectivity index (χ4v) is 2.82. The first kappa shape index (κ1) is 19.3. The molecule has 1 saturated heterocycles. The second kappa shape index (κ2) is 9.44. The molecule has 1 aliphatic rings. The van der Waals surface area contributed by atoms with Crippen molar-refractivity contribution >= 4 is 24.0 Å². The average molecular weight is 343 g/mol. The maximum atomic E-state index is 12.0. The molecule has 1 heterocycles. The number of nitro groups is 1. The smallest absolute Gasteiger partial charge is 0.273 e. The number of carbonyl (C=O) groups is 1. The Morgan fingerprint density at radius 1 is 1.43 bits per heavy atom. The van der Waals surface area contributed by atoms with Gasteiger partial charge in [-0.3, -0.25) is 19.8 Å². The fourth-order valence-electron chi connectivity index (χ4n) is 2.82. The number of benzene rings is 1. The molecule has 1 fully saturated rings. The molecule has 0 bridgehead atoms. The maximum absolute atomic E-state index is 12.0. The predicted molar refractivity (Wildman–Crippen MR) is 90.4 cm³/mol. The number of piperidine rings is 1. The molecule has 23 heavy (non-hydrogen) atoms. The number of nitrogens with zero attached hydrogens (tertiary/aromatic N) is 2. The van der Waals surface area contributed by atoms with E-state index in [4.69, 9.17) is 5.73 Å². The number of rotatable bonds is 6. The van der Waals surface area contributed by atoms with E-state index in [0.717, 1.165) is 19.4 Å². The van der Waals surface area contributed by atoms with Crippen LogP contribution in [-0.2, 0) is 11.3 Å². The Balaban J connectivity index is 0.00000264.